The highest BCUT2D eigenvalue weighted by molar-refractivity contribution is 5.25. The molecule has 0 aromatic rings. The van der Waals surface area contributed by atoms with Gasteiger partial charge in [-0.1, -0.05) is 0 Å². The molecule has 2 nitrogen and oxygen atoms in total. The third kappa shape index (κ3) is 3.21. The summed E-state index contributed by atoms with van der Waals surface area (Å²) < 4.78 is 0. The van der Waals surface area contributed by atoms with Crippen molar-refractivity contribution in [2.24, 2.45) is 10.7 Å². The van der Waals surface area contributed by atoms with Crippen LogP contribution in [-0.4, -0.2) is 6.72 Å². The smallest absolute Gasteiger partial charge is 0.0415 e. The van der Waals surface area contributed by atoms with Crippen LogP contribution in [0.1, 0.15) is 0 Å². The second-order valence-electron chi connectivity index (χ2n) is 0.524. The molecule has 0 aliphatic heterocycles. The fourth-order valence-electron chi connectivity index (χ4n) is 0.0609. The van der Waals surface area contributed by atoms with Crippen molar-refractivity contribution >= 4 is 6.72 Å². The van der Waals surface area contributed by atoms with E-state index in [1.54, 1.807) is 0 Å². The van der Waals surface area contributed by atoms with Gasteiger partial charge >= 0.3 is 0 Å². The minimum Gasteiger partial charge on any atom is -0.403 e. The van der Waals surface area contributed by atoms with Gasteiger partial charge in [-0.25, -0.2) is 0 Å². The molecule has 0 fully saturated rings. The first-order valence-corrected chi connectivity index (χ1v) is 1.24. The molecule has 0 saturated carbocycles. The Kier molecular flexibility index (Phi) is 2.70. The summed E-state index contributed by atoms with van der Waals surface area (Å²) in [4.78, 5) is 3.30. The zero-order valence-corrected chi connectivity index (χ0v) is 2.89. The van der Waals surface area contributed by atoms with Crippen molar-refractivity contribution < 1.29 is 0 Å². The number of hydrogen-bond donors (Lipinski definition) is 1. The molecule has 0 saturated heterocycles. The first-order chi connectivity index (χ1) is 2.41. The Bertz CT molecular complexity index is 46.9. The van der Waals surface area contributed by atoms with Gasteiger partial charge in [0, 0.05) is 12.4 Å². The lowest BCUT2D eigenvalue weighted by atomic mass is 10.9. The van der Waals surface area contributed by atoms with E-state index in [9.17, 15) is 0 Å². The van der Waals surface area contributed by atoms with E-state index >= 15 is 0 Å². The van der Waals surface area contributed by atoms with E-state index in [-0.39, 0.29) is 0 Å². The summed E-state index contributed by atoms with van der Waals surface area (Å²) in [5, 5.41) is 0. The zero-order chi connectivity index (χ0) is 4.12. The van der Waals surface area contributed by atoms with Crippen molar-refractivity contribution in [2.75, 3.05) is 0 Å². The Balaban J connectivity index is 2.92. The van der Waals surface area contributed by atoms with E-state index in [0.717, 1.165) is 0 Å². The van der Waals surface area contributed by atoms with Crippen LogP contribution in [0.4, 0.5) is 0 Å². The highest BCUT2D eigenvalue weighted by Gasteiger charge is 1.40. The van der Waals surface area contributed by atoms with Gasteiger partial charge in [0.1, 0.15) is 0 Å². The van der Waals surface area contributed by atoms with Crippen molar-refractivity contribution in [1.29, 1.82) is 0 Å². The second-order valence-corrected chi connectivity index (χ2v) is 0.524. The van der Waals surface area contributed by atoms with Gasteiger partial charge in [0.15, 0.2) is 0 Å². The van der Waals surface area contributed by atoms with Crippen molar-refractivity contribution in [3.8, 4) is 0 Å². The molecule has 0 rings (SSSR count). The SMILES string of the molecule is C=N/C=C\N. The first kappa shape index (κ1) is 4.21. The fourth-order valence-corrected chi connectivity index (χ4v) is 0.0609. The quantitative estimate of drug-likeness (QED) is 0.437. The summed E-state index contributed by atoms with van der Waals surface area (Å²) in [5.41, 5.74) is 4.82. The van der Waals surface area contributed by atoms with Crippen molar-refractivity contribution in [3.05, 3.63) is 12.4 Å². The van der Waals surface area contributed by atoms with E-state index in [4.69, 9.17) is 5.73 Å². The van der Waals surface area contributed by atoms with Crippen LogP contribution < -0.4 is 5.73 Å². The van der Waals surface area contributed by atoms with E-state index in [1.807, 2.05) is 0 Å². The van der Waals surface area contributed by atoms with Crippen LogP contribution in [0.3, 0.4) is 0 Å². The standard InChI is InChI=1S/C3H6N2/c1-5-3-2-4/h2-3H,1,4H2/b3-2-. The van der Waals surface area contributed by atoms with Crippen LogP contribution in [0.25, 0.3) is 0 Å². The largest absolute Gasteiger partial charge is 0.403 e. The lowest BCUT2D eigenvalue weighted by Crippen LogP contribution is -1.71. The number of aliphatic imine (C=N–C) groups is 1. The molecule has 2 heteroatoms. The van der Waals surface area contributed by atoms with Gasteiger partial charge in [0.2, 0.25) is 0 Å². The number of nitrogens with zero attached hydrogens (tertiary/aromatic N) is 1. The lowest BCUT2D eigenvalue weighted by Gasteiger charge is -1.60. The van der Waals surface area contributed by atoms with E-state index < -0.39 is 0 Å². The lowest BCUT2D eigenvalue weighted by molar-refractivity contribution is 1.51. The van der Waals surface area contributed by atoms with Gasteiger partial charge in [-0.15, -0.1) is 0 Å². The van der Waals surface area contributed by atoms with Crippen molar-refractivity contribution in [3.63, 3.8) is 0 Å². The number of nitrogens with two attached hydrogens (primary N) is 1. The van der Waals surface area contributed by atoms with E-state index in [0.29, 0.717) is 0 Å². The molecule has 0 aromatic carbocycles. The Labute approximate surface area is 31.0 Å². The monoisotopic (exact) mass is 70.1 g/mol. The van der Waals surface area contributed by atoms with Gasteiger partial charge in [0.05, 0.1) is 0 Å². The number of hydrogen-bond acceptors (Lipinski definition) is 2. The van der Waals surface area contributed by atoms with Gasteiger partial charge < -0.3 is 5.73 Å². The van der Waals surface area contributed by atoms with Crippen LogP contribution in [0, 0.1) is 0 Å². The van der Waals surface area contributed by atoms with Crippen LogP contribution in [0.5, 0.6) is 0 Å². The molecule has 0 amide bonds. The van der Waals surface area contributed by atoms with Gasteiger partial charge in [-0.2, -0.15) is 0 Å². The van der Waals surface area contributed by atoms with Crippen molar-refractivity contribution in [2.45, 2.75) is 0 Å². The number of rotatable bonds is 1. The molecule has 0 bridgehead atoms. The van der Waals surface area contributed by atoms with E-state index in [2.05, 4.69) is 11.7 Å². The van der Waals surface area contributed by atoms with Crippen LogP contribution in [0.15, 0.2) is 17.4 Å². The molecule has 0 spiro atoms. The molecular weight excluding hydrogens is 64.0 g/mol. The molecular formula is C3H6N2. The van der Waals surface area contributed by atoms with Gasteiger partial charge in [0.25, 0.3) is 0 Å². The fraction of sp³-hybridized carbons (Fsp3) is 0. The maximum atomic E-state index is 4.82. The molecule has 0 aromatic heterocycles. The van der Waals surface area contributed by atoms with Crippen molar-refractivity contribution in [1.82, 2.24) is 0 Å². The summed E-state index contributed by atoms with van der Waals surface area (Å²) in [7, 11) is 0. The molecule has 5 heavy (non-hydrogen) atoms. The Morgan fingerprint density at radius 1 is 1.80 bits per heavy atom. The van der Waals surface area contributed by atoms with E-state index in [1.165, 1.54) is 12.4 Å². The summed E-state index contributed by atoms with van der Waals surface area (Å²) in [6.07, 6.45) is 2.74. The molecule has 0 aliphatic carbocycles. The molecule has 0 radical (unpaired) electrons. The normalized spacial score (nSPS) is 8.80. The Hall–Kier alpha value is -0.790. The molecule has 0 aliphatic rings. The Morgan fingerprint density at radius 2 is 2.40 bits per heavy atom. The third-order valence-corrected chi connectivity index (χ3v) is 0.191. The Morgan fingerprint density at radius 3 is 2.40 bits per heavy atom. The average molecular weight is 70.1 g/mol. The molecule has 2 N–H and O–H groups in total. The highest BCUT2D eigenvalue weighted by Crippen LogP contribution is 1.56. The minimum atomic E-state index is 1.33. The molecule has 0 atom stereocenters. The maximum Gasteiger partial charge on any atom is 0.0415 e. The zero-order valence-electron chi connectivity index (χ0n) is 2.89. The predicted molar refractivity (Wildman–Crippen MR) is 22.9 cm³/mol. The average Bonchev–Trinajstić information content (AvgIpc) is 1.41. The maximum absolute atomic E-state index is 4.82. The second kappa shape index (κ2) is 3.21. The van der Waals surface area contributed by atoms with Gasteiger partial charge in [-0.3, -0.25) is 4.99 Å². The summed E-state index contributed by atoms with van der Waals surface area (Å²) in [6, 6.07) is 0. The summed E-state index contributed by atoms with van der Waals surface area (Å²) in [6.45, 7) is 3.13. The molecule has 0 unspecified atom stereocenters. The summed E-state index contributed by atoms with van der Waals surface area (Å²) in [5.74, 6) is 0. The highest BCUT2D eigenvalue weighted by atomic mass is 14.7. The van der Waals surface area contributed by atoms with Gasteiger partial charge in [-0.05, 0) is 6.72 Å². The first-order valence-electron chi connectivity index (χ1n) is 1.24. The topological polar surface area (TPSA) is 38.4 Å². The third-order valence-electron chi connectivity index (χ3n) is 0.191. The summed E-state index contributed by atoms with van der Waals surface area (Å²) >= 11 is 0. The van der Waals surface area contributed by atoms with Crippen LogP contribution in [-0.2, 0) is 0 Å². The van der Waals surface area contributed by atoms with Crippen LogP contribution in [0.2, 0.25) is 0 Å². The minimum absolute atomic E-state index is 1.33. The predicted octanol–water partition coefficient (Wildman–Crippen LogP) is 0.117. The molecule has 0 heterocycles. The molecule has 28 valence electrons. The van der Waals surface area contributed by atoms with Crippen LogP contribution >= 0.6 is 0 Å².